The van der Waals surface area contributed by atoms with E-state index in [2.05, 4.69) is 33.3 Å². The van der Waals surface area contributed by atoms with Gasteiger partial charge in [-0.15, -0.1) is 0 Å². The maximum Gasteiger partial charge on any atom is 0.270 e. The Kier molecular flexibility index (Phi) is 6.78. The van der Waals surface area contributed by atoms with Gasteiger partial charge in [-0.05, 0) is 43.7 Å². The number of nitrogens with one attached hydrogen (secondary N) is 1. The molecule has 6 nitrogen and oxygen atoms in total. The highest BCUT2D eigenvalue weighted by molar-refractivity contribution is 6.30. The lowest BCUT2D eigenvalue weighted by molar-refractivity contribution is -0.129. The highest BCUT2D eigenvalue weighted by atomic mass is 35.5. The van der Waals surface area contributed by atoms with E-state index in [1.165, 1.54) is 5.56 Å². The molecule has 1 aromatic carbocycles. The number of rotatable bonds is 6. The topological polar surface area (TPSA) is 48.1 Å². The Balaban J connectivity index is 1.66. The molecule has 0 aliphatic carbocycles. The molecule has 3 unspecified atom stereocenters. The van der Waals surface area contributed by atoms with E-state index in [-0.39, 0.29) is 24.2 Å². The van der Waals surface area contributed by atoms with E-state index in [1.54, 1.807) is 0 Å². The quantitative estimate of drug-likeness (QED) is 0.751. The van der Waals surface area contributed by atoms with Crippen molar-refractivity contribution >= 4 is 17.5 Å². The molecule has 3 heterocycles. The second kappa shape index (κ2) is 9.52. The summed E-state index contributed by atoms with van der Waals surface area (Å²) < 4.78 is 5.55. The van der Waals surface area contributed by atoms with Gasteiger partial charge in [-0.3, -0.25) is 15.0 Å². The first-order chi connectivity index (χ1) is 14.6. The van der Waals surface area contributed by atoms with E-state index in [4.69, 9.17) is 16.3 Å². The SMILES string of the molecule is CCN(CC)C(=O)C1=CC=CC2NC(c3ccc(Cl)cc3)C(CN3CCOCC3)N12. The third-order valence-electron chi connectivity index (χ3n) is 6.27. The Morgan fingerprint density at radius 1 is 1.20 bits per heavy atom. The molecule has 0 saturated carbocycles. The van der Waals surface area contributed by atoms with Crippen LogP contribution in [0.25, 0.3) is 0 Å². The van der Waals surface area contributed by atoms with Crippen molar-refractivity contribution in [3.63, 3.8) is 0 Å². The maximum absolute atomic E-state index is 13.3. The van der Waals surface area contributed by atoms with Crippen molar-refractivity contribution < 1.29 is 9.53 Å². The van der Waals surface area contributed by atoms with Crippen molar-refractivity contribution in [2.45, 2.75) is 32.1 Å². The van der Waals surface area contributed by atoms with Crippen LogP contribution in [0.3, 0.4) is 0 Å². The number of amides is 1. The summed E-state index contributed by atoms with van der Waals surface area (Å²) in [5, 5.41) is 4.49. The molecule has 1 N–H and O–H groups in total. The van der Waals surface area contributed by atoms with Crippen LogP contribution in [-0.2, 0) is 9.53 Å². The summed E-state index contributed by atoms with van der Waals surface area (Å²) in [7, 11) is 0. The first-order valence-corrected chi connectivity index (χ1v) is 11.3. The highest BCUT2D eigenvalue weighted by Gasteiger charge is 2.44. The molecule has 0 spiro atoms. The number of carbonyl (C=O) groups excluding carboxylic acids is 1. The molecule has 162 valence electrons. The molecule has 1 aromatic rings. The predicted octanol–water partition coefficient (Wildman–Crippen LogP) is 2.64. The minimum absolute atomic E-state index is 0.00349. The second-order valence-corrected chi connectivity index (χ2v) is 8.38. The number of allylic oxidation sites excluding steroid dienone is 2. The Labute approximate surface area is 184 Å². The molecule has 3 aliphatic heterocycles. The minimum Gasteiger partial charge on any atom is -0.379 e. The molecule has 0 aromatic heterocycles. The molecule has 1 amide bonds. The Hall–Kier alpha value is -1.86. The van der Waals surface area contributed by atoms with Crippen LogP contribution in [0.4, 0.5) is 0 Å². The average molecular weight is 431 g/mol. The van der Waals surface area contributed by atoms with Crippen LogP contribution in [-0.4, -0.2) is 78.8 Å². The van der Waals surface area contributed by atoms with Crippen molar-refractivity contribution in [3.8, 4) is 0 Å². The normalized spacial score (nSPS) is 26.4. The number of halogens is 1. The summed E-state index contributed by atoms with van der Waals surface area (Å²) in [6, 6.07) is 8.29. The Bertz CT molecular complexity index is 800. The summed E-state index contributed by atoms with van der Waals surface area (Å²) >= 11 is 6.14. The fourth-order valence-electron chi connectivity index (χ4n) is 4.64. The highest BCUT2D eigenvalue weighted by Crippen LogP contribution is 2.36. The van der Waals surface area contributed by atoms with Crippen LogP contribution >= 0.6 is 11.6 Å². The van der Waals surface area contributed by atoms with E-state index in [1.807, 2.05) is 43.0 Å². The van der Waals surface area contributed by atoms with Gasteiger partial charge in [0, 0.05) is 37.7 Å². The number of likely N-dealkylation sites (N-methyl/N-ethyl adjacent to an activating group) is 1. The van der Waals surface area contributed by atoms with Crippen LogP contribution in [0, 0.1) is 0 Å². The van der Waals surface area contributed by atoms with Gasteiger partial charge in [0.15, 0.2) is 0 Å². The van der Waals surface area contributed by atoms with Crippen molar-refractivity contribution in [3.05, 3.63) is 58.8 Å². The van der Waals surface area contributed by atoms with Gasteiger partial charge in [-0.25, -0.2) is 0 Å². The monoisotopic (exact) mass is 430 g/mol. The number of nitrogens with zero attached hydrogens (tertiary/aromatic N) is 3. The molecule has 3 aliphatic rings. The number of morpholine rings is 1. The molecule has 30 heavy (non-hydrogen) atoms. The van der Waals surface area contributed by atoms with E-state index >= 15 is 0 Å². The van der Waals surface area contributed by atoms with Gasteiger partial charge in [0.05, 0.1) is 25.3 Å². The first-order valence-electron chi connectivity index (χ1n) is 10.9. The van der Waals surface area contributed by atoms with Gasteiger partial charge in [-0.1, -0.05) is 29.8 Å². The molecule has 7 heteroatoms. The lowest BCUT2D eigenvalue weighted by Gasteiger charge is -2.39. The van der Waals surface area contributed by atoms with E-state index in [0.717, 1.165) is 43.6 Å². The van der Waals surface area contributed by atoms with Crippen LogP contribution in [0.15, 0.2) is 48.2 Å². The third-order valence-corrected chi connectivity index (χ3v) is 6.52. The molecule has 0 radical (unpaired) electrons. The maximum atomic E-state index is 13.3. The fraction of sp³-hybridized carbons (Fsp3) is 0.522. The minimum atomic E-state index is -0.00349. The largest absolute Gasteiger partial charge is 0.379 e. The zero-order valence-electron chi connectivity index (χ0n) is 17.8. The Morgan fingerprint density at radius 3 is 2.57 bits per heavy atom. The van der Waals surface area contributed by atoms with Gasteiger partial charge in [0.25, 0.3) is 5.91 Å². The summed E-state index contributed by atoms with van der Waals surface area (Å²) in [5.41, 5.74) is 1.96. The van der Waals surface area contributed by atoms with Crippen molar-refractivity contribution in [1.82, 2.24) is 20.0 Å². The average Bonchev–Trinajstić information content (AvgIpc) is 3.14. The number of benzene rings is 1. The lowest BCUT2D eigenvalue weighted by Crippen LogP contribution is -2.50. The van der Waals surface area contributed by atoms with Crippen molar-refractivity contribution in [1.29, 1.82) is 0 Å². The van der Waals surface area contributed by atoms with Crippen molar-refractivity contribution in [2.24, 2.45) is 0 Å². The molecule has 2 saturated heterocycles. The molecule has 0 bridgehead atoms. The molecular weight excluding hydrogens is 400 g/mol. The predicted molar refractivity (Wildman–Crippen MR) is 119 cm³/mol. The molecule has 4 rings (SSSR count). The number of ether oxygens (including phenoxy) is 1. The zero-order chi connectivity index (χ0) is 21.1. The van der Waals surface area contributed by atoms with Gasteiger partial charge in [0.1, 0.15) is 11.9 Å². The van der Waals surface area contributed by atoms with E-state index in [9.17, 15) is 4.79 Å². The van der Waals surface area contributed by atoms with Crippen LogP contribution < -0.4 is 5.32 Å². The number of hydrogen-bond donors (Lipinski definition) is 1. The molecular formula is C23H31ClN4O2. The molecule has 2 fully saturated rings. The molecule has 3 atom stereocenters. The summed E-state index contributed by atoms with van der Waals surface area (Å²) in [4.78, 5) is 20.0. The van der Waals surface area contributed by atoms with Crippen LogP contribution in [0.5, 0.6) is 0 Å². The van der Waals surface area contributed by atoms with Crippen LogP contribution in [0.2, 0.25) is 5.02 Å². The summed E-state index contributed by atoms with van der Waals surface area (Å²) in [5.74, 6) is 0.0971. The van der Waals surface area contributed by atoms with Gasteiger partial charge in [-0.2, -0.15) is 0 Å². The third kappa shape index (κ3) is 4.28. The lowest BCUT2D eigenvalue weighted by atomic mass is 9.98. The van der Waals surface area contributed by atoms with Crippen molar-refractivity contribution in [2.75, 3.05) is 45.9 Å². The van der Waals surface area contributed by atoms with Crippen LogP contribution in [0.1, 0.15) is 25.5 Å². The smallest absolute Gasteiger partial charge is 0.270 e. The summed E-state index contributed by atoms with van der Waals surface area (Å²) in [6.07, 6.45) is 6.11. The number of fused-ring (bicyclic) bond motifs is 1. The van der Waals surface area contributed by atoms with E-state index in [0.29, 0.717) is 13.1 Å². The zero-order valence-corrected chi connectivity index (χ0v) is 18.5. The van der Waals surface area contributed by atoms with Gasteiger partial charge >= 0.3 is 0 Å². The number of hydrogen-bond acceptors (Lipinski definition) is 5. The second-order valence-electron chi connectivity index (χ2n) is 7.94. The fourth-order valence-corrected chi connectivity index (χ4v) is 4.77. The number of carbonyl (C=O) groups is 1. The first kappa shape index (κ1) is 21.4. The standard InChI is InChI=1S/C23H31ClN4O2/c1-3-27(4-2)23(29)19-6-5-7-21-25-22(17-8-10-18(24)11-9-17)20(28(19)21)16-26-12-14-30-15-13-26/h5-11,20-22,25H,3-4,12-16H2,1-2H3. The van der Waals surface area contributed by atoms with E-state index < -0.39 is 0 Å². The van der Waals surface area contributed by atoms with Gasteiger partial charge < -0.3 is 14.5 Å². The van der Waals surface area contributed by atoms with Gasteiger partial charge in [0.2, 0.25) is 0 Å². The summed E-state index contributed by atoms with van der Waals surface area (Å²) in [6.45, 7) is 9.70. The Morgan fingerprint density at radius 2 is 1.90 bits per heavy atom.